The molecule has 18 heteroatoms. The first kappa shape index (κ1) is 35.0. The standard InChI is InChI=1S/C31H33F2N7O9/c1-17(35-25(43)19-8-11-34-12-9-19)27(45)39-13-2-3-21(39)26(44)36-20-6-4-18(5-7-20)16-48-30(47)38-23-10-14-40(29(46)37-23)28-31(32,33)24(42)22(15-41)49-28/h4-12,14,17,21-22,24,28,41-42H,2-3,13,15-16H2,1H3,(H,35,43)(H,36,44)(H,37,38,46,47)/t17-,21+,22?,24?,28?/m1/s1. The van der Waals surface area contributed by atoms with Crippen LogP contribution in [0.25, 0.3) is 0 Å². The highest BCUT2D eigenvalue weighted by atomic mass is 19.3. The van der Waals surface area contributed by atoms with Gasteiger partial charge >= 0.3 is 17.7 Å². The number of rotatable bonds is 10. The van der Waals surface area contributed by atoms with Gasteiger partial charge in [-0.2, -0.15) is 13.8 Å². The number of ether oxygens (including phenoxy) is 2. The van der Waals surface area contributed by atoms with Crippen molar-refractivity contribution in [1.82, 2.24) is 24.8 Å². The average molecular weight is 686 g/mol. The minimum atomic E-state index is -3.89. The van der Waals surface area contributed by atoms with Crippen molar-refractivity contribution < 1.29 is 47.6 Å². The molecule has 1 aromatic carbocycles. The van der Waals surface area contributed by atoms with Gasteiger partial charge < -0.3 is 35.2 Å². The molecular weight excluding hydrogens is 652 g/mol. The quantitative estimate of drug-likeness (QED) is 0.203. The molecule has 260 valence electrons. The fourth-order valence-electron chi connectivity index (χ4n) is 5.38. The Morgan fingerprint density at radius 2 is 1.82 bits per heavy atom. The number of nitrogens with one attached hydrogen (secondary N) is 3. The zero-order valence-corrected chi connectivity index (χ0v) is 26.0. The van der Waals surface area contributed by atoms with E-state index in [2.05, 4.69) is 25.9 Å². The summed E-state index contributed by atoms with van der Waals surface area (Å²) in [6, 6.07) is 8.84. The SMILES string of the molecule is C[C@@H](NC(=O)c1ccncc1)C(=O)N1CCC[C@H]1C(=O)Nc1ccc(COC(=O)Nc2ccn(C3OC(CO)C(O)C3(F)F)c(=O)n2)cc1. The molecule has 49 heavy (non-hydrogen) atoms. The summed E-state index contributed by atoms with van der Waals surface area (Å²) in [6.45, 7) is 0.809. The Morgan fingerprint density at radius 1 is 1.10 bits per heavy atom. The van der Waals surface area contributed by atoms with Crippen LogP contribution < -0.4 is 21.6 Å². The number of halogens is 2. The number of aliphatic hydroxyl groups is 2. The number of aliphatic hydroxyl groups excluding tert-OH is 2. The molecule has 0 bridgehead atoms. The molecule has 2 saturated heterocycles. The maximum atomic E-state index is 14.4. The van der Waals surface area contributed by atoms with Crippen molar-refractivity contribution in [2.45, 2.75) is 62.8 Å². The summed E-state index contributed by atoms with van der Waals surface area (Å²) < 4.78 is 39.2. The molecule has 0 saturated carbocycles. The van der Waals surface area contributed by atoms with E-state index >= 15 is 0 Å². The lowest BCUT2D eigenvalue weighted by molar-refractivity contribution is -0.140. The monoisotopic (exact) mass is 685 g/mol. The first-order valence-corrected chi connectivity index (χ1v) is 15.2. The van der Waals surface area contributed by atoms with Gasteiger partial charge in [-0.1, -0.05) is 12.1 Å². The van der Waals surface area contributed by atoms with Gasteiger partial charge in [0.25, 0.3) is 5.91 Å². The molecule has 5 atom stereocenters. The Hall–Kier alpha value is -5.33. The fourth-order valence-corrected chi connectivity index (χ4v) is 5.38. The number of pyridine rings is 1. The second kappa shape index (κ2) is 14.8. The number of hydrogen-bond donors (Lipinski definition) is 5. The third-order valence-corrected chi connectivity index (χ3v) is 7.96. The molecule has 3 unspecified atom stereocenters. The Balaban J connectivity index is 1.10. The molecule has 0 radical (unpaired) electrons. The largest absolute Gasteiger partial charge is 0.444 e. The summed E-state index contributed by atoms with van der Waals surface area (Å²) in [7, 11) is 0. The summed E-state index contributed by atoms with van der Waals surface area (Å²) in [5.41, 5.74) is 0.104. The number of hydrogen-bond acceptors (Lipinski definition) is 11. The van der Waals surface area contributed by atoms with Gasteiger partial charge in [-0.15, -0.1) is 0 Å². The van der Waals surface area contributed by atoms with Crippen molar-refractivity contribution in [1.29, 1.82) is 0 Å². The first-order valence-electron chi connectivity index (χ1n) is 15.2. The van der Waals surface area contributed by atoms with Crippen LogP contribution >= 0.6 is 0 Å². The van der Waals surface area contributed by atoms with E-state index in [1.54, 1.807) is 31.2 Å². The Kier molecular flexibility index (Phi) is 10.6. The molecular formula is C31H33F2N7O9. The van der Waals surface area contributed by atoms with E-state index in [1.165, 1.54) is 29.4 Å². The van der Waals surface area contributed by atoms with E-state index in [0.29, 0.717) is 40.8 Å². The van der Waals surface area contributed by atoms with E-state index in [4.69, 9.17) is 14.6 Å². The number of anilines is 2. The van der Waals surface area contributed by atoms with Crippen LogP contribution in [0.1, 0.15) is 41.9 Å². The van der Waals surface area contributed by atoms with E-state index < -0.39 is 66.6 Å². The number of carbonyl (C=O) groups excluding carboxylic acids is 4. The summed E-state index contributed by atoms with van der Waals surface area (Å²) in [6.07, 6.45) is -2.27. The fraction of sp³-hybridized carbons (Fsp3) is 0.387. The second-order valence-corrected chi connectivity index (χ2v) is 11.3. The summed E-state index contributed by atoms with van der Waals surface area (Å²) >= 11 is 0. The molecule has 0 spiro atoms. The maximum absolute atomic E-state index is 14.4. The average Bonchev–Trinajstić information content (AvgIpc) is 3.67. The summed E-state index contributed by atoms with van der Waals surface area (Å²) in [4.78, 5) is 72.2. The number of alkyl halides is 2. The maximum Gasteiger partial charge on any atom is 0.413 e. The number of amides is 4. The Morgan fingerprint density at radius 3 is 2.47 bits per heavy atom. The highest BCUT2D eigenvalue weighted by molar-refractivity contribution is 6.00. The van der Waals surface area contributed by atoms with Crippen LogP contribution in [0.4, 0.5) is 25.1 Å². The molecule has 2 aliphatic heterocycles. The van der Waals surface area contributed by atoms with Gasteiger partial charge in [0, 0.05) is 36.4 Å². The molecule has 16 nitrogen and oxygen atoms in total. The van der Waals surface area contributed by atoms with Gasteiger partial charge in [0.15, 0.2) is 6.10 Å². The zero-order chi connectivity index (χ0) is 35.3. The summed E-state index contributed by atoms with van der Waals surface area (Å²) in [5.74, 6) is -5.40. The molecule has 2 fully saturated rings. The van der Waals surface area contributed by atoms with Crippen LogP contribution in [0.3, 0.4) is 0 Å². The first-order chi connectivity index (χ1) is 23.4. The van der Waals surface area contributed by atoms with Crippen molar-refractivity contribution >= 4 is 35.3 Å². The van der Waals surface area contributed by atoms with Crippen molar-refractivity contribution in [2.75, 3.05) is 23.8 Å². The lowest BCUT2D eigenvalue weighted by Gasteiger charge is -2.27. The molecule has 4 heterocycles. The lowest BCUT2D eigenvalue weighted by Crippen LogP contribution is -2.51. The lowest BCUT2D eigenvalue weighted by atomic mass is 10.1. The molecule has 3 aromatic rings. The molecule has 2 aromatic heterocycles. The molecule has 2 aliphatic rings. The molecule has 5 rings (SSSR count). The van der Waals surface area contributed by atoms with Crippen molar-refractivity contribution in [3.63, 3.8) is 0 Å². The number of aromatic nitrogens is 3. The van der Waals surface area contributed by atoms with Gasteiger partial charge in [-0.25, -0.2) is 9.59 Å². The predicted molar refractivity (Wildman–Crippen MR) is 165 cm³/mol. The highest BCUT2D eigenvalue weighted by Crippen LogP contribution is 2.42. The van der Waals surface area contributed by atoms with Gasteiger partial charge in [0.2, 0.25) is 18.0 Å². The smallest absolute Gasteiger partial charge is 0.413 e. The molecule has 5 N–H and O–H groups in total. The number of likely N-dealkylation sites (tertiary alicyclic amines) is 1. The third kappa shape index (κ3) is 7.87. The Bertz CT molecular complexity index is 1740. The minimum absolute atomic E-state index is 0.215. The van der Waals surface area contributed by atoms with Crippen LogP contribution in [0, 0.1) is 0 Å². The topological polar surface area (TPSA) is 214 Å². The van der Waals surface area contributed by atoms with Crippen LogP contribution in [-0.4, -0.2) is 96.8 Å². The number of carbonyl (C=O) groups is 4. The van der Waals surface area contributed by atoms with Gasteiger partial charge in [0.1, 0.15) is 30.6 Å². The summed E-state index contributed by atoms with van der Waals surface area (Å²) in [5, 5.41) is 26.4. The molecule has 4 amide bonds. The molecule has 0 aliphatic carbocycles. The van der Waals surface area contributed by atoms with Crippen molar-refractivity contribution in [3.8, 4) is 0 Å². The van der Waals surface area contributed by atoms with E-state index in [1.807, 2.05) is 0 Å². The van der Waals surface area contributed by atoms with Crippen LogP contribution in [-0.2, 0) is 25.7 Å². The van der Waals surface area contributed by atoms with E-state index in [9.17, 15) is 37.9 Å². The third-order valence-electron chi connectivity index (χ3n) is 7.96. The Labute approximate surface area is 277 Å². The van der Waals surface area contributed by atoms with Crippen molar-refractivity contribution in [3.05, 3.63) is 82.7 Å². The van der Waals surface area contributed by atoms with Crippen LogP contribution in [0.15, 0.2) is 65.8 Å². The van der Waals surface area contributed by atoms with Gasteiger partial charge in [0.05, 0.1) is 6.61 Å². The number of nitrogens with zero attached hydrogens (tertiary/aromatic N) is 4. The zero-order valence-electron chi connectivity index (χ0n) is 26.0. The minimum Gasteiger partial charge on any atom is -0.444 e. The normalized spacial score (nSPS) is 21.9. The predicted octanol–water partition coefficient (Wildman–Crippen LogP) is 1.02. The van der Waals surface area contributed by atoms with E-state index in [0.717, 1.165) is 12.3 Å². The van der Waals surface area contributed by atoms with Gasteiger partial charge in [-0.3, -0.25) is 29.3 Å². The van der Waals surface area contributed by atoms with E-state index in [-0.39, 0.29) is 18.3 Å². The van der Waals surface area contributed by atoms with Crippen LogP contribution in [0.5, 0.6) is 0 Å². The van der Waals surface area contributed by atoms with Crippen molar-refractivity contribution in [2.24, 2.45) is 0 Å². The number of benzene rings is 1. The van der Waals surface area contributed by atoms with Gasteiger partial charge in [-0.05, 0) is 55.7 Å². The second-order valence-electron chi connectivity index (χ2n) is 11.3. The van der Waals surface area contributed by atoms with Crippen LogP contribution in [0.2, 0.25) is 0 Å². The highest BCUT2D eigenvalue weighted by Gasteiger charge is 2.59.